The van der Waals surface area contributed by atoms with E-state index in [1.165, 1.54) is 11.3 Å². The van der Waals surface area contributed by atoms with Gasteiger partial charge in [0.15, 0.2) is 6.61 Å². The summed E-state index contributed by atoms with van der Waals surface area (Å²) in [6.07, 6.45) is 2.47. The molecule has 0 radical (unpaired) electrons. The number of anilines is 1. The average Bonchev–Trinajstić information content (AvgIpc) is 3.09. The summed E-state index contributed by atoms with van der Waals surface area (Å²) in [5, 5.41) is 3.42. The van der Waals surface area contributed by atoms with E-state index in [0.29, 0.717) is 21.3 Å². The van der Waals surface area contributed by atoms with Crippen LogP contribution in [-0.4, -0.2) is 28.5 Å². The highest BCUT2D eigenvalue weighted by Crippen LogP contribution is 2.26. The number of thiazole rings is 1. The number of pyridine rings is 1. The third-order valence-electron chi connectivity index (χ3n) is 3.87. The van der Waals surface area contributed by atoms with Crippen LogP contribution in [0.5, 0.6) is 0 Å². The second kappa shape index (κ2) is 8.55. The smallest absolute Gasteiger partial charge is 0.350 e. The van der Waals surface area contributed by atoms with Gasteiger partial charge in [0.25, 0.3) is 5.91 Å². The van der Waals surface area contributed by atoms with Crippen LogP contribution < -0.4 is 5.32 Å². The van der Waals surface area contributed by atoms with Gasteiger partial charge < -0.3 is 10.1 Å². The van der Waals surface area contributed by atoms with Gasteiger partial charge in [-0.15, -0.1) is 11.3 Å². The van der Waals surface area contributed by atoms with Crippen LogP contribution in [0.25, 0.3) is 10.7 Å². The second-order valence-corrected chi connectivity index (χ2v) is 6.78. The molecule has 2 aromatic heterocycles. The van der Waals surface area contributed by atoms with Gasteiger partial charge in [-0.1, -0.05) is 31.2 Å². The molecule has 2 heterocycles. The number of carbonyl (C=O) groups excluding carboxylic acids is 2. The first kappa shape index (κ1) is 18.7. The zero-order valence-electron chi connectivity index (χ0n) is 15.1. The Morgan fingerprint density at radius 2 is 1.93 bits per heavy atom. The van der Waals surface area contributed by atoms with Gasteiger partial charge in [0.1, 0.15) is 9.88 Å². The number of amides is 1. The van der Waals surface area contributed by atoms with Crippen LogP contribution in [-0.2, 0) is 16.0 Å². The van der Waals surface area contributed by atoms with Crippen molar-refractivity contribution in [1.29, 1.82) is 0 Å². The van der Waals surface area contributed by atoms with Crippen LogP contribution in [0.2, 0.25) is 0 Å². The van der Waals surface area contributed by atoms with Crippen LogP contribution in [0.3, 0.4) is 0 Å². The lowest BCUT2D eigenvalue weighted by Gasteiger charge is -2.09. The minimum Gasteiger partial charge on any atom is -0.451 e. The average molecular weight is 381 g/mol. The lowest BCUT2D eigenvalue weighted by Crippen LogP contribution is -2.21. The molecule has 0 unspecified atom stereocenters. The van der Waals surface area contributed by atoms with E-state index >= 15 is 0 Å². The number of nitrogens with one attached hydrogen (secondary N) is 1. The Hall–Kier alpha value is -3.06. The Kier molecular flexibility index (Phi) is 5.93. The summed E-state index contributed by atoms with van der Waals surface area (Å²) in [5.41, 5.74) is 3.00. The summed E-state index contributed by atoms with van der Waals surface area (Å²) in [5.74, 6) is -0.942. The number of benzene rings is 1. The SMILES string of the molecule is CCc1ccccc1NC(=O)COC(=O)c1sc(-c2ccccn2)nc1C. The van der Waals surface area contributed by atoms with Gasteiger partial charge in [-0.05, 0) is 37.1 Å². The summed E-state index contributed by atoms with van der Waals surface area (Å²) in [6, 6.07) is 13.0. The Morgan fingerprint density at radius 1 is 1.15 bits per heavy atom. The maximum absolute atomic E-state index is 12.3. The molecule has 0 spiro atoms. The summed E-state index contributed by atoms with van der Waals surface area (Å²) in [6.45, 7) is 3.39. The molecule has 27 heavy (non-hydrogen) atoms. The fraction of sp³-hybridized carbons (Fsp3) is 0.200. The molecule has 7 heteroatoms. The van der Waals surface area contributed by atoms with Crippen molar-refractivity contribution in [2.24, 2.45) is 0 Å². The fourth-order valence-corrected chi connectivity index (χ4v) is 3.45. The van der Waals surface area contributed by atoms with E-state index in [4.69, 9.17) is 4.74 Å². The summed E-state index contributed by atoms with van der Waals surface area (Å²) in [4.78, 5) is 33.4. The summed E-state index contributed by atoms with van der Waals surface area (Å²) < 4.78 is 5.16. The molecular formula is C20H19N3O3S. The molecule has 138 valence electrons. The topological polar surface area (TPSA) is 81.2 Å². The summed E-state index contributed by atoms with van der Waals surface area (Å²) >= 11 is 1.20. The lowest BCUT2D eigenvalue weighted by atomic mass is 10.1. The minimum atomic E-state index is -0.564. The largest absolute Gasteiger partial charge is 0.451 e. The van der Waals surface area contributed by atoms with Crippen LogP contribution in [0.15, 0.2) is 48.7 Å². The first-order chi connectivity index (χ1) is 13.1. The first-order valence-electron chi connectivity index (χ1n) is 8.52. The van der Waals surface area contributed by atoms with Crippen molar-refractivity contribution < 1.29 is 14.3 Å². The number of ether oxygens (including phenoxy) is 1. The molecule has 0 atom stereocenters. The predicted octanol–water partition coefficient (Wildman–Crippen LogP) is 3.87. The number of carbonyl (C=O) groups is 2. The van der Waals surface area contributed by atoms with E-state index in [9.17, 15) is 9.59 Å². The van der Waals surface area contributed by atoms with Crippen molar-refractivity contribution in [3.8, 4) is 10.7 Å². The van der Waals surface area contributed by atoms with Gasteiger partial charge in [-0.3, -0.25) is 9.78 Å². The number of aryl methyl sites for hydroxylation is 2. The number of rotatable bonds is 6. The number of aromatic nitrogens is 2. The Balaban J connectivity index is 1.62. The van der Waals surface area contributed by atoms with Crippen molar-refractivity contribution in [2.75, 3.05) is 11.9 Å². The number of nitrogens with zero attached hydrogens (tertiary/aromatic N) is 2. The van der Waals surface area contributed by atoms with Crippen molar-refractivity contribution in [3.63, 3.8) is 0 Å². The Bertz CT molecular complexity index is 954. The summed E-state index contributed by atoms with van der Waals surface area (Å²) in [7, 11) is 0. The molecule has 3 aromatic rings. The van der Waals surface area contributed by atoms with Crippen LogP contribution in [0.1, 0.15) is 27.9 Å². The van der Waals surface area contributed by atoms with Gasteiger partial charge in [-0.2, -0.15) is 0 Å². The Morgan fingerprint density at radius 3 is 2.67 bits per heavy atom. The highest BCUT2D eigenvalue weighted by atomic mass is 32.1. The molecule has 0 saturated heterocycles. The zero-order valence-corrected chi connectivity index (χ0v) is 15.9. The maximum atomic E-state index is 12.3. The molecule has 0 saturated carbocycles. The van der Waals surface area contributed by atoms with E-state index in [-0.39, 0.29) is 12.5 Å². The normalized spacial score (nSPS) is 10.4. The molecule has 6 nitrogen and oxygen atoms in total. The molecular weight excluding hydrogens is 362 g/mol. The van der Waals surface area contributed by atoms with Gasteiger partial charge in [-0.25, -0.2) is 9.78 Å². The van der Waals surface area contributed by atoms with Gasteiger partial charge in [0.05, 0.1) is 11.4 Å². The monoisotopic (exact) mass is 381 g/mol. The van der Waals surface area contributed by atoms with E-state index < -0.39 is 5.97 Å². The minimum absolute atomic E-state index is 0.354. The number of hydrogen-bond acceptors (Lipinski definition) is 6. The van der Waals surface area contributed by atoms with Crippen molar-refractivity contribution in [1.82, 2.24) is 9.97 Å². The highest BCUT2D eigenvalue weighted by molar-refractivity contribution is 7.17. The molecule has 1 aromatic carbocycles. The molecule has 3 rings (SSSR count). The van der Waals surface area contributed by atoms with Gasteiger partial charge in [0, 0.05) is 11.9 Å². The van der Waals surface area contributed by atoms with Gasteiger partial charge >= 0.3 is 5.97 Å². The predicted molar refractivity (Wildman–Crippen MR) is 105 cm³/mol. The third kappa shape index (κ3) is 4.57. The maximum Gasteiger partial charge on any atom is 0.350 e. The first-order valence-corrected chi connectivity index (χ1v) is 9.34. The Labute approximate surface area is 161 Å². The van der Waals surface area contributed by atoms with Gasteiger partial charge in [0.2, 0.25) is 0 Å². The van der Waals surface area contributed by atoms with Crippen LogP contribution in [0.4, 0.5) is 5.69 Å². The molecule has 0 aliphatic rings. The van der Waals surface area contributed by atoms with Crippen LogP contribution in [0, 0.1) is 6.92 Å². The van der Waals surface area contributed by atoms with E-state index in [1.54, 1.807) is 13.1 Å². The lowest BCUT2D eigenvalue weighted by molar-refractivity contribution is -0.119. The number of para-hydroxylation sites is 1. The van der Waals surface area contributed by atoms with Crippen molar-refractivity contribution in [3.05, 3.63) is 64.8 Å². The second-order valence-electron chi connectivity index (χ2n) is 5.78. The quantitative estimate of drug-likeness (QED) is 0.656. The fourth-order valence-electron chi connectivity index (χ4n) is 2.52. The standard InChI is InChI=1S/C20H19N3O3S/c1-3-14-8-4-5-9-15(14)23-17(24)12-26-20(25)18-13(2)22-19(27-18)16-10-6-7-11-21-16/h4-11H,3,12H2,1-2H3,(H,23,24). The van der Waals surface area contributed by atoms with Crippen molar-refractivity contribution in [2.45, 2.75) is 20.3 Å². The highest BCUT2D eigenvalue weighted by Gasteiger charge is 2.19. The van der Waals surface area contributed by atoms with E-state index in [2.05, 4.69) is 15.3 Å². The molecule has 1 N–H and O–H groups in total. The van der Waals surface area contributed by atoms with E-state index in [0.717, 1.165) is 17.7 Å². The molecule has 0 fully saturated rings. The van der Waals surface area contributed by atoms with E-state index in [1.807, 2.05) is 49.4 Å². The number of esters is 1. The molecule has 0 bridgehead atoms. The van der Waals surface area contributed by atoms with Crippen molar-refractivity contribution >= 4 is 28.9 Å². The number of hydrogen-bond donors (Lipinski definition) is 1. The molecule has 0 aliphatic carbocycles. The molecule has 0 aliphatic heterocycles. The molecule has 1 amide bonds. The zero-order chi connectivity index (χ0) is 19.2. The third-order valence-corrected chi connectivity index (χ3v) is 5.03. The van der Waals surface area contributed by atoms with Crippen LogP contribution >= 0.6 is 11.3 Å².